The number of aromatic carboxylic acids is 2. The molecular weight excluding hydrogens is 368 g/mol. The zero-order valence-corrected chi connectivity index (χ0v) is 14.7. The number of carboxylic acids is 2. The van der Waals surface area contributed by atoms with Gasteiger partial charge in [0.25, 0.3) is 0 Å². The average Bonchev–Trinajstić information content (AvgIpc) is 2.65. The van der Waals surface area contributed by atoms with E-state index in [0.29, 0.717) is 16.4 Å². The minimum atomic E-state index is -1.20. The second-order valence-electron chi connectivity index (χ2n) is 5.65. The Labute approximate surface area is 160 Å². The van der Waals surface area contributed by atoms with Gasteiger partial charge in [-0.2, -0.15) is 0 Å². The molecule has 3 aromatic carbocycles. The van der Waals surface area contributed by atoms with E-state index in [0.717, 1.165) is 0 Å². The number of carboxylic acid groups (broad SMARTS) is 2. The van der Waals surface area contributed by atoms with Crippen LogP contribution in [0.3, 0.4) is 0 Å². The molecule has 0 spiro atoms. The predicted molar refractivity (Wildman–Crippen MR) is 105 cm³/mol. The average molecular weight is 383 g/mol. The minimum Gasteiger partial charge on any atom is -0.478 e. The van der Waals surface area contributed by atoms with Crippen LogP contribution in [0.1, 0.15) is 20.7 Å². The van der Waals surface area contributed by atoms with Gasteiger partial charge in [0.2, 0.25) is 0 Å². The van der Waals surface area contributed by atoms with Gasteiger partial charge in [-0.3, -0.25) is 0 Å². The number of carbonyl (C=O) groups is 2. The Kier molecular flexibility index (Phi) is 5.28. The number of hydrogen-bond donors (Lipinski definition) is 4. The van der Waals surface area contributed by atoms with Crippen molar-refractivity contribution in [3.63, 3.8) is 0 Å². The molecule has 0 saturated heterocycles. The normalized spacial score (nSPS) is 10.3. The molecule has 0 unspecified atom stereocenters. The predicted octanol–water partition coefficient (Wildman–Crippen LogP) is 5.22. The molecule has 0 aromatic heterocycles. The molecule has 0 atom stereocenters. The molecule has 0 fully saturated rings. The molecule has 0 bridgehead atoms. The van der Waals surface area contributed by atoms with E-state index in [1.165, 1.54) is 12.1 Å². The van der Waals surface area contributed by atoms with Crippen molar-refractivity contribution in [3.8, 4) is 0 Å². The molecular formula is C20H15ClN2O4. The first kappa shape index (κ1) is 18.3. The molecule has 0 aliphatic rings. The third-order valence-electron chi connectivity index (χ3n) is 3.81. The summed E-state index contributed by atoms with van der Waals surface area (Å²) in [6.07, 6.45) is 0. The van der Waals surface area contributed by atoms with Crippen LogP contribution < -0.4 is 10.6 Å². The lowest BCUT2D eigenvalue weighted by atomic mass is 10.1. The van der Waals surface area contributed by atoms with Crippen LogP contribution in [0.25, 0.3) is 0 Å². The summed E-state index contributed by atoms with van der Waals surface area (Å²) in [5, 5.41) is 25.4. The van der Waals surface area contributed by atoms with Gasteiger partial charge in [-0.15, -0.1) is 0 Å². The first-order valence-corrected chi connectivity index (χ1v) is 8.32. The van der Waals surface area contributed by atoms with Crippen LogP contribution in [0.2, 0.25) is 5.02 Å². The third kappa shape index (κ3) is 4.19. The van der Waals surface area contributed by atoms with Gasteiger partial charge in [0.15, 0.2) is 0 Å². The fraction of sp³-hybridized carbons (Fsp3) is 0. The molecule has 0 aliphatic heterocycles. The monoisotopic (exact) mass is 382 g/mol. The van der Waals surface area contributed by atoms with Crippen molar-refractivity contribution in [1.82, 2.24) is 0 Å². The Balaban J connectivity index is 2.08. The second-order valence-corrected chi connectivity index (χ2v) is 6.06. The van der Waals surface area contributed by atoms with E-state index in [4.69, 9.17) is 11.6 Å². The quantitative estimate of drug-likeness (QED) is 0.466. The van der Waals surface area contributed by atoms with Gasteiger partial charge < -0.3 is 20.8 Å². The third-order valence-corrected chi connectivity index (χ3v) is 4.14. The van der Waals surface area contributed by atoms with E-state index in [1.807, 2.05) is 6.07 Å². The van der Waals surface area contributed by atoms with Crippen molar-refractivity contribution in [2.24, 2.45) is 0 Å². The molecule has 0 amide bonds. The molecule has 3 aromatic rings. The zero-order valence-electron chi connectivity index (χ0n) is 13.9. The topological polar surface area (TPSA) is 98.7 Å². The summed E-state index contributed by atoms with van der Waals surface area (Å²) >= 11 is 6.11. The number of para-hydroxylation sites is 2. The number of hydrogen-bond acceptors (Lipinski definition) is 4. The van der Waals surface area contributed by atoms with Gasteiger partial charge in [-0.25, -0.2) is 9.59 Å². The summed E-state index contributed by atoms with van der Waals surface area (Å²) in [7, 11) is 0. The molecule has 4 N–H and O–H groups in total. The Morgan fingerprint density at radius 2 is 1.22 bits per heavy atom. The summed E-state index contributed by atoms with van der Waals surface area (Å²) in [6, 6.07) is 18.3. The SMILES string of the molecule is O=C(O)c1cc(Nc2ccccc2Cl)c(C(=O)O)cc1Nc1ccccc1. The van der Waals surface area contributed by atoms with Crippen molar-refractivity contribution in [2.45, 2.75) is 0 Å². The number of halogens is 1. The van der Waals surface area contributed by atoms with Crippen molar-refractivity contribution in [1.29, 1.82) is 0 Å². The van der Waals surface area contributed by atoms with Crippen LogP contribution in [0.15, 0.2) is 66.7 Å². The lowest BCUT2D eigenvalue weighted by molar-refractivity contribution is 0.0683. The van der Waals surface area contributed by atoms with Gasteiger partial charge >= 0.3 is 11.9 Å². The maximum atomic E-state index is 11.7. The molecule has 0 heterocycles. The van der Waals surface area contributed by atoms with Crippen molar-refractivity contribution in [2.75, 3.05) is 10.6 Å². The summed E-state index contributed by atoms with van der Waals surface area (Å²) in [5.41, 5.74) is 1.27. The fourth-order valence-electron chi connectivity index (χ4n) is 2.55. The highest BCUT2D eigenvalue weighted by Gasteiger charge is 2.19. The van der Waals surface area contributed by atoms with Crippen LogP contribution in [0, 0.1) is 0 Å². The van der Waals surface area contributed by atoms with E-state index < -0.39 is 11.9 Å². The van der Waals surface area contributed by atoms with Crippen LogP contribution in [0.5, 0.6) is 0 Å². The molecule has 0 saturated carbocycles. The van der Waals surface area contributed by atoms with Crippen LogP contribution in [-0.2, 0) is 0 Å². The standard InChI is InChI=1S/C20H15ClN2O4/c21-15-8-4-5-9-16(15)23-18-11-13(19(24)25)17(10-14(18)20(26)27)22-12-6-2-1-3-7-12/h1-11,22-23H,(H,24,25)(H,26,27). The van der Waals surface area contributed by atoms with Gasteiger partial charge in [-0.05, 0) is 36.4 Å². The number of nitrogens with one attached hydrogen (secondary N) is 2. The van der Waals surface area contributed by atoms with Crippen molar-refractivity contribution in [3.05, 3.63) is 82.9 Å². The maximum absolute atomic E-state index is 11.7. The van der Waals surface area contributed by atoms with Crippen molar-refractivity contribution >= 4 is 46.3 Å². The Bertz CT molecular complexity index is 1010. The summed E-state index contributed by atoms with van der Waals surface area (Å²) in [6.45, 7) is 0. The van der Waals surface area contributed by atoms with E-state index in [2.05, 4.69) is 10.6 Å². The Morgan fingerprint density at radius 1 is 0.704 bits per heavy atom. The lowest BCUT2D eigenvalue weighted by Gasteiger charge is -2.16. The summed E-state index contributed by atoms with van der Waals surface area (Å²) < 4.78 is 0. The molecule has 3 rings (SSSR count). The molecule has 6 nitrogen and oxygen atoms in total. The second kappa shape index (κ2) is 7.80. The van der Waals surface area contributed by atoms with Crippen LogP contribution in [0.4, 0.5) is 22.7 Å². The highest BCUT2D eigenvalue weighted by Crippen LogP contribution is 2.32. The molecule has 136 valence electrons. The smallest absolute Gasteiger partial charge is 0.337 e. The van der Waals surface area contributed by atoms with Gasteiger partial charge in [-0.1, -0.05) is 41.9 Å². The van der Waals surface area contributed by atoms with E-state index >= 15 is 0 Å². The van der Waals surface area contributed by atoms with Crippen molar-refractivity contribution < 1.29 is 19.8 Å². The van der Waals surface area contributed by atoms with Gasteiger partial charge in [0.1, 0.15) is 0 Å². The van der Waals surface area contributed by atoms with E-state index in [1.54, 1.807) is 48.5 Å². The maximum Gasteiger partial charge on any atom is 0.337 e. The van der Waals surface area contributed by atoms with Gasteiger partial charge in [0, 0.05) is 5.69 Å². The number of anilines is 4. The van der Waals surface area contributed by atoms with E-state index in [9.17, 15) is 19.8 Å². The number of rotatable bonds is 6. The molecule has 0 aliphatic carbocycles. The van der Waals surface area contributed by atoms with E-state index in [-0.39, 0.29) is 22.5 Å². The van der Waals surface area contributed by atoms with Crippen LogP contribution in [-0.4, -0.2) is 22.2 Å². The molecule has 7 heteroatoms. The minimum absolute atomic E-state index is 0.0709. The number of benzene rings is 3. The summed E-state index contributed by atoms with van der Waals surface area (Å²) in [4.78, 5) is 23.5. The highest BCUT2D eigenvalue weighted by atomic mass is 35.5. The fourth-order valence-corrected chi connectivity index (χ4v) is 2.73. The molecule has 27 heavy (non-hydrogen) atoms. The molecule has 0 radical (unpaired) electrons. The first-order valence-electron chi connectivity index (χ1n) is 7.94. The lowest BCUT2D eigenvalue weighted by Crippen LogP contribution is -2.09. The first-order chi connectivity index (χ1) is 13.0. The Hall–Kier alpha value is -3.51. The largest absolute Gasteiger partial charge is 0.478 e. The highest BCUT2D eigenvalue weighted by molar-refractivity contribution is 6.33. The van der Waals surface area contributed by atoms with Crippen LogP contribution >= 0.6 is 11.6 Å². The zero-order chi connectivity index (χ0) is 19.4. The Morgan fingerprint density at radius 3 is 1.78 bits per heavy atom. The summed E-state index contributed by atoms with van der Waals surface area (Å²) in [5.74, 6) is -2.38. The van der Waals surface area contributed by atoms with Gasteiger partial charge in [0.05, 0.1) is 33.2 Å².